The molecule has 36 heavy (non-hydrogen) atoms. The van der Waals surface area contributed by atoms with Gasteiger partial charge in [0.05, 0.1) is 17.0 Å². The van der Waals surface area contributed by atoms with Crippen LogP contribution in [-0.4, -0.2) is 75.4 Å². The average molecular weight is 510 g/mol. The molecular formula is C27H35N5O3S. The first-order chi connectivity index (χ1) is 17.4. The van der Waals surface area contributed by atoms with E-state index >= 15 is 0 Å². The Labute approximate surface area is 214 Å². The van der Waals surface area contributed by atoms with Crippen molar-refractivity contribution in [1.29, 1.82) is 5.26 Å². The Morgan fingerprint density at radius 2 is 1.72 bits per heavy atom. The van der Waals surface area contributed by atoms with Crippen molar-refractivity contribution in [2.24, 2.45) is 0 Å². The zero-order valence-corrected chi connectivity index (χ0v) is 21.6. The highest BCUT2D eigenvalue weighted by molar-refractivity contribution is 7.89. The molecule has 2 aliphatic heterocycles. The van der Waals surface area contributed by atoms with Crippen LogP contribution in [0.4, 0.5) is 0 Å². The van der Waals surface area contributed by atoms with Crippen LogP contribution in [0.5, 0.6) is 0 Å². The van der Waals surface area contributed by atoms with E-state index < -0.39 is 16.1 Å². The Morgan fingerprint density at radius 1 is 1.03 bits per heavy atom. The molecule has 9 heteroatoms. The predicted molar refractivity (Wildman–Crippen MR) is 140 cm³/mol. The molecule has 4 rings (SSSR count). The van der Waals surface area contributed by atoms with Crippen LogP contribution in [-0.2, 0) is 21.2 Å². The summed E-state index contributed by atoms with van der Waals surface area (Å²) in [5, 5.41) is 15.6. The highest BCUT2D eigenvalue weighted by Gasteiger charge is 2.26. The summed E-state index contributed by atoms with van der Waals surface area (Å²) in [5.41, 5.74) is 2.83. The number of amides is 1. The number of piperidine rings is 1. The Bertz CT molecular complexity index is 1170. The molecule has 2 N–H and O–H groups in total. The first kappa shape index (κ1) is 26.3. The van der Waals surface area contributed by atoms with E-state index in [0.29, 0.717) is 24.4 Å². The van der Waals surface area contributed by atoms with Crippen molar-refractivity contribution in [1.82, 2.24) is 19.8 Å². The van der Waals surface area contributed by atoms with E-state index in [1.54, 1.807) is 16.4 Å². The van der Waals surface area contributed by atoms with E-state index in [9.17, 15) is 18.5 Å². The van der Waals surface area contributed by atoms with Crippen molar-refractivity contribution in [2.45, 2.75) is 49.1 Å². The number of nitrogens with one attached hydrogen (secondary N) is 2. The molecule has 2 aromatic carbocycles. The number of likely N-dealkylation sites (N-methyl/N-ethyl adjacent to an activating group) is 1. The zero-order valence-electron chi connectivity index (χ0n) is 20.8. The monoisotopic (exact) mass is 509 g/mol. The fraction of sp³-hybridized carbons (Fsp3) is 0.481. The Hall–Kier alpha value is -2.77. The zero-order chi connectivity index (χ0) is 25.5. The van der Waals surface area contributed by atoms with Gasteiger partial charge in [0, 0.05) is 26.1 Å². The van der Waals surface area contributed by atoms with Crippen molar-refractivity contribution in [3.05, 3.63) is 54.1 Å². The standard InChI is InChI=1S/C27H35N5O3S/c1-31-15-4-16-32(18-17-31)36(34,35)25-12-10-23(11-13-25)22-8-6-21(7-9-22)19-24(20-28)30-27(33)26-5-2-3-14-29-26/h6-13,24,26,29H,2-5,14-19H2,1H3,(H,30,33)/t24?,26-/m0/s1. The van der Waals surface area contributed by atoms with Crippen LogP contribution in [0.3, 0.4) is 0 Å². The van der Waals surface area contributed by atoms with Crippen LogP contribution in [0, 0.1) is 11.3 Å². The van der Waals surface area contributed by atoms with Gasteiger partial charge in [0.2, 0.25) is 15.9 Å². The first-order valence-electron chi connectivity index (χ1n) is 12.7. The third-order valence-electron chi connectivity index (χ3n) is 7.00. The van der Waals surface area contributed by atoms with Crippen molar-refractivity contribution in [2.75, 3.05) is 39.8 Å². The van der Waals surface area contributed by atoms with Crippen LogP contribution >= 0.6 is 0 Å². The first-order valence-corrected chi connectivity index (χ1v) is 14.1. The van der Waals surface area contributed by atoms with Crippen molar-refractivity contribution >= 4 is 15.9 Å². The summed E-state index contributed by atoms with van der Waals surface area (Å²) in [6, 6.07) is 16.2. The average Bonchev–Trinajstić information content (AvgIpc) is 3.14. The van der Waals surface area contributed by atoms with E-state index in [1.165, 1.54) is 0 Å². The summed E-state index contributed by atoms with van der Waals surface area (Å²) in [7, 11) is -1.50. The number of nitrogens with zero attached hydrogens (tertiary/aromatic N) is 3. The van der Waals surface area contributed by atoms with Gasteiger partial charge >= 0.3 is 0 Å². The Kier molecular flexibility index (Phi) is 8.75. The second-order valence-electron chi connectivity index (χ2n) is 9.68. The lowest BCUT2D eigenvalue weighted by molar-refractivity contribution is -0.124. The highest BCUT2D eigenvalue weighted by Crippen LogP contribution is 2.24. The molecule has 192 valence electrons. The molecule has 0 aromatic heterocycles. The molecule has 2 aromatic rings. The molecule has 2 atom stereocenters. The van der Waals surface area contributed by atoms with Gasteiger partial charge in [-0.15, -0.1) is 0 Å². The summed E-state index contributed by atoms with van der Waals surface area (Å²) in [5.74, 6) is -0.111. The maximum Gasteiger partial charge on any atom is 0.243 e. The van der Waals surface area contributed by atoms with E-state index in [0.717, 1.165) is 62.0 Å². The van der Waals surface area contributed by atoms with Crippen LogP contribution in [0.2, 0.25) is 0 Å². The molecule has 0 bridgehead atoms. The topological polar surface area (TPSA) is 106 Å². The lowest BCUT2D eigenvalue weighted by Crippen LogP contribution is -2.49. The van der Waals surface area contributed by atoms with Gasteiger partial charge in [-0.3, -0.25) is 4.79 Å². The van der Waals surface area contributed by atoms with Gasteiger partial charge in [0.1, 0.15) is 6.04 Å². The summed E-state index contributed by atoms with van der Waals surface area (Å²) < 4.78 is 27.8. The maximum atomic E-state index is 13.1. The lowest BCUT2D eigenvalue weighted by atomic mass is 10.00. The molecular weight excluding hydrogens is 474 g/mol. The van der Waals surface area contributed by atoms with E-state index in [1.807, 2.05) is 43.4 Å². The number of hydrogen-bond donors (Lipinski definition) is 2. The van der Waals surface area contributed by atoms with Crippen molar-refractivity contribution < 1.29 is 13.2 Å². The van der Waals surface area contributed by atoms with Gasteiger partial charge in [-0.05, 0) is 68.2 Å². The minimum atomic E-state index is -3.51. The van der Waals surface area contributed by atoms with E-state index in [4.69, 9.17) is 0 Å². The molecule has 1 amide bonds. The molecule has 1 unspecified atom stereocenters. The van der Waals surface area contributed by atoms with Gasteiger partial charge in [-0.2, -0.15) is 9.57 Å². The quantitative estimate of drug-likeness (QED) is 0.594. The lowest BCUT2D eigenvalue weighted by Gasteiger charge is -2.23. The maximum absolute atomic E-state index is 13.1. The number of nitriles is 1. The smallest absolute Gasteiger partial charge is 0.243 e. The molecule has 2 heterocycles. The SMILES string of the molecule is CN1CCCN(S(=O)(=O)c2ccc(-c3ccc(CC(C#N)NC(=O)[C@@H]4CCCCN4)cc3)cc2)CC1. The number of hydrogen-bond acceptors (Lipinski definition) is 6. The van der Waals surface area contributed by atoms with Crippen LogP contribution in [0.15, 0.2) is 53.4 Å². The number of rotatable bonds is 7. The Balaban J connectivity index is 1.38. The Morgan fingerprint density at radius 3 is 2.36 bits per heavy atom. The minimum absolute atomic E-state index is 0.111. The fourth-order valence-electron chi connectivity index (χ4n) is 4.78. The number of carbonyl (C=O) groups excluding carboxylic acids is 1. The molecule has 2 fully saturated rings. The van der Waals surface area contributed by atoms with Crippen LogP contribution in [0.25, 0.3) is 11.1 Å². The summed E-state index contributed by atoms with van der Waals surface area (Å²) in [6.45, 7) is 3.51. The molecule has 2 aliphatic rings. The summed E-state index contributed by atoms with van der Waals surface area (Å²) in [4.78, 5) is 14.9. The van der Waals surface area contributed by atoms with Crippen LogP contribution < -0.4 is 10.6 Å². The number of carbonyl (C=O) groups is 1. The molecule has 0 radical (unpaired) electrons. The number of benzene rings is 2. The molecule has 0 spiro atoms. The second-order valence-corrected chi connectivity index (χ2v) is 11.6. The largest absolute Gasteiger partial charge is 0.339 e. The van der Waals surface area contributed by atoms with Gasteiger partial charge in [0.15, 0.2) is 0 Å². The van der Waals surface area contributed by atoms with Gasteiger partial charge in [-0.25, -0.2) is 8.42 Å². The van der Waals surface area contributed by atoms with Gasteiger partial charge < -0.3 is 15.5 Å². The summed E-state index contributed by atoms with van der Waals surface area (Å²) in [6.07, 6.45) is 4.15. The van der Waals surface area contributed by atoms with Crippen LogP contribution in [0.1, 0.15) is 31.2 Å². The van der Waals surface area contributed by atoms with E-state index in [-0.39, 0.29) is 11.9 Å². The van der Waals surface area contributed by atoms with Gasteiger partial charge in [-0.1, -0.05) is 42.8 Å². The third kappa shape index (κ3) is 6.51. The molecule has 0 aliphatic carbocycles. The molecule has 0 saturated carbocycles. The molecule has 8 nitrogen and oxygen atoms in total. The third-order valence-corrected chi connectivity index (χ3v) is 8.91. The molecule has 2 saturated heterocycles. The van der Waals surface area contributed by atoms with E-state index in [2.05, 4.69) is 21.6 Å². The minimum Gasteiger partial charge on any atom is -0.339 e. The fourth-order valence-corrected chi connectivity index (χ4v) is 6.25. The van der Waals surface area contributed by atoms with Crippen molar-refractivity contribution in [3.63, 3.8) is 0 Å². The summed E-state index contributed by atoms with van der Waals surface area (Å²) >= 11 is 0. The predicted octanol–water partition coefficient (Wildman–Crippen LogP) is 2.37. The van der Waals surface area contributed by atoms with Gasteiger partial charge in [0.25, 0.3) is 0 Å². The van der Waals surface area contributed by atoms with Crippen molar-refractivity contribution in [3.8, 4) is 17.2 Å². The highest BCUT2D eigenvalue weighted by atomic mass is 32.2. The second kappa shape index (κ2) is 12.0. The number of sulfonamides is 1. The normalized spacial score (nSPS) is 20.7.